The summed E-state index contributed by atoms with van der Waals surface area (Å²) in [7, 11) is 0. The molecule has 0 aromatic rings. The lowest BCUT2D eigenvalue weighted by atomic mass is 9.79. The molecule has 0 rings (SSSR count). The van der Waals surface area contributed by atoms with E-state index in [-0.39, 0.29) is 29.9 Å². The Morgan fingerprint density at radius 3 is 2.24 bits per heavy atom. The number of nitrogens with one attached hydrogen (secondary N) is 1. The highest BCUT2D eigenvalue weighted by Crippen LogP contribution is 2.29. The molecule has 102 valence electrons. The van der Waals surface area contributed by atoms with Crippen LogP contribution >= 0.6 is 0 Å². The molecule has 0 aromatic heterocycles. The molecule has 0 saturated heterocycles. The number of aliphatic hydroxyl groups is 1. The lowest BCUT2D eigenvalue weighted by Gasteiger charge is -2.32. The summed E-state index contributed by atoms with van der Waals surface area (Å²) in [6.07, 6.45) is 2.64. The van der Waals surface area contributed by atoms with Crippen LogP contribution in [0.25, 0.3) is 0 Å². The first-order valence-corrected chi connectivity index (χ1v) is 6.56. The largest absolute Gasteiger partial charge is 0.396 e. The third kappa shape index (κ3) is 5.04. The van der Waals surface area contributed by atoms with Crippen LogP contribution in [-0.4, -0.2) is 30.2 Å². The van der Waals surface area contributed by atoms with Crippen LogP contribution in [0.1, 0.15) is 47.0 Å². The van der Waals surface area contributed by atoms with E-state index in [1.165, 1.54) is 0 Å². The average Bonchev–Trinajstić information content (AvgIpc) is 2.33. The summed E-state index contributed by atoms with van der Waals surface area (Å²) >= 11 is 0. The Hall–Kier alpha value is -0.610. The summed E-state index contributed by atoms with van der Waals surface area (Å²) in [5, 5.41) is 12.1. The zero-order chi connectivity index (χ0) is 13.5. The smallest absolute Gasteiger partial charge is 0.224 e. The standard InChI is InChI=1S/C13H28N2O2/c1-5-13(6-2,7-8-16)9-15-12(17)10(3)11(4)14/h10-11,16H,5-9,14H2,1-4H3,(H,15,17). The highest BCUT2D eigenvalue weighted by Gasteiger charge is 2.27. The molecule has 1 amide bonds. The van der Waals surface area contributed by atoms with Crippen LogP contribution in [0.3, 0.4) is 0 Å². The Morgan fingerprint density at radius 1 is 1.35 bits per heavy atom. The Balaban J connectivity index is 4.35. The molecule has 0 heterocycles. The van der Waals surface area contributed by atoms with Gasteiger partial charge in [0.1, 0.15) is 0 Å². The molecule has 0 radical (unpaired) electrons. The fourth-order valence-electron chi connectivity index (χ4n) is 1.85. The van der Waals surface area contributed by atoms with Gasteiger partial charge in [0.2, 0.25) is 5.91 Å². The molecule has 4 N–H and O–H groups in total. The summed E-state index contributed by atoms with van der Waals surface area (Å²) in [6.45, 7) is 8.66. The van der Waals surface area contributed by atoms with E-state index in [1.807, 2.05) is 13.8 Å². The predicted molar refractivity (Wildman–Crippen MR) is 70.5 cm³/mol. The molecule has 4 nitrogen and oxygen atoms in total. The van der Waals surface area contributed by atoms with Gasteiger partial charge in [0, 0.05) is 25.1 Å². The van der Waals surface area contributed by atoms with E-state index in [4.69, 9.17) is 10.8 Å². The molecule has 0 fully saturated rings. The minimum absolute atomic E-state index is 0.00390. The minimum atomic E-state index is -0.171. The monoisotopic (exact) mass is 244 g/mol. The summed E-state index contributed by atoms with van der Waals surface area (Å²) in [5.74, 6) is -0.167. The fourth-order valence-corrected chi connectivity index (χ4v) is 1.85. The van der Waals surface area contributed by atoms with Gasteiger partial charge in [-0.2, -0.15) is 0 Å². The van der Waals surface area contributed by atoms with Crippen molar-refractivity contribution in [3.05, 3.63) is 0 Å². The molecule has 17 heavy (non-hydrogen) atoms. The first-order chi connectivity index (χ1) is 7.92. The van der Waals surface area contributed by atoms with Crippen molar-refractivity contribution in [3.8, 4) is 0 Å². The molecule has 0 spiro atoms. The van der Waals surface area contributed by atoms with Gasteiger partial charge in [-0.3, -0.25) is 4.79 Å². The Bertz CT molecular complexity index is 225. The Morgan fingerprint density at radius 2 is 1.88 bits per heavy atom. The van der Waals surface area contributed by atoms with E-state index >= 15 is 0 Å². The number of carbonyl (C=O) groups is 1. The van der Waals surface area contributed by atoms with Crippen LogP contribution in [0, 0.1) is 11.3 Å². The van der Waals surface area contributed by atoms with Gasteiger partial charge in [0.05, 0.1) is 0 Å². The maximum absolute atomic E-state index is 11.8. The van der Waals surface area contributed by atoms with Crippen LogP contribution in [0.15, 0.2) is 0 Å². The summed E-state index contributed by atoms with van der Waals surface area (Å²) in [5.41, 5.74) is 5.71. The van der Waals surface area contributed by atoms with Crippen molar-refractivity contribution in [2.45, 2.75) is 53.0 Å². The van der Waals surface area contributed by atoms with E-state index in [0.717, 1.165) is 19.3 Å². The van der Waals surface area contributed by atoms with Gasteiger partial charge >= 0.3 is 0 Å². The number of carbonyl (C=O) groups excluding carboxylic acids is 1. The zero-order valence-corrected chi connectivity index (χ0v) is 11.6. The lowest BCUT2D eigenvalue weighted by Crippen LogP contribution is -2.43. The summed E-state index contributed by atoms with van der Waals surface area (Å²) in [6, 6.07) is -0.134. The Kier molecular flexibility index (Phi) is 7.39. The number of aliphatic hydroxyl groups excluding tert-OH is 1. The lowest BCUT2D eigenvalue weighted by molar-refractivity contribution is -0.125. The van der Waals surface area contributed by atoms with Crippen LogP contribution in [0.4, 0.5) is 0 Å². The van der Waals surface area contributed by atoms with Gasteiger partial charge in [-0.15, -0.1) is 0 Å². The minimum Gasteiger partial charge on any atom is -0.396 e. The molecular weight excluding hydrogens is 216 g/mol. The number of rotatable bonds is 8. The topological polar surface area (TPSA) is 75.3 Å². The van der Waals surface area contributed by atoms with Crippen molar-refractivity contribution in [3.63, 3.8) is 0 Å². The predicted octanol–water partition coefficient (Wildman–Crippen LogP) is 1.27. The first kappa shape index (κ1) is 16.4. The number of amides is 1. The molecule has 4 heteroatoms. The molecule has 0 aromatic carbocycles. The van der Waals surface area contributed by atoms with E-state index in [0.29, 0.717) is 6.54 Å². The molecule has 0 aliphatic rings. The molecule has 2 atom stereocenters. The van der Waals surface area contributed by atoms with Crippen molar-refractivity contribution >= 4 is 5.91 Å². The summed E-state index contributed by atoms with van der Waals surface area (Å²) < 4.78 is 0. The van der Waals surface area contributed by atoms with Gasteiger partial charge in [0.15, 0.2) is 0 Å². The molecule has 0 aliphatic carbocycles. The third-order valence-electron chi connectivity index (χ3n) is 3.98. The quantitative estimate of drug-likeness (QED) is 0.602. The third-order valence-corrected chi connectivity index (χ3v) is 3.98. The van der Waals surface area contributed by atoms with Gasteiger partial charge < -0.3 is 16.2 Å². The molecule has 0 saturated carbocycles. The normalized spacial score (nSPS) is 15.4. The van der Waals surface area contributed by atoms with Crippen molar-refractivity contribution in [2.75, 3.05) is 13.2 Å². The molecular formula is C13H28N2O2. The van der Waals surface area contributed by atoms with Crippen LogP contribution < -0.4 is 11.1 Å². The van der Waals surface area contributed by atoms with Crippen molar-refractivity contribution in [1.82, 2.24) is 5.32 Å². The Labute approximate surface area is 105 Å². The van der Waals surface area contributed by atoms with Crippen LogP contribution in [-0.2, 0) is 4.79 Å². The maximum atomic E-state index is 11.8. The van der Waals surface area contributed by atoms with Crippen molar-refractivity contribution in [2.24, 2.45) is 17.1 Å². The van der Waals surface area contributed by atoms with Gasteiger partial charge in [0.25, 0.3) is 0 Å². The second-order valence-corrected chi connectivity index (χ2v) is 5.05. The van der Waals surface area contributed by atoms with Gasteiger partial charge in [-0.05, 0) is 31.6 Å². The number of hydrogen-bond donors (Lipinski definition) is 3. The van der Waals surface area contributed by atoms with Crippen LogP contribution in [0.5, 0.6) is 0 Å². The fraction of sp³-hybridized carbons (Fsp3) is 0.923. The summed E-state index contributed by atoms with van der Waals surface area (Å²) in [4.78, 5) is 11.8. The maximum Gasteiger partial charge on any atom is 0.224 e. The average molecular weight is 244 g/mol. The molecule has 0 bridgehead atoms. The van der Waals surface area contributed by atoms with Crippen molar-refractivity contribution in [1.29, 1.82) is 0 Å². The highest BCUT2D eigenvalue weighted by molar-refractivity contribution is 5.78. The van der Waals surface area contributed by atoms with Crippen molar-refractivity contribution < 1.29 is 9.90 Å². The van der Waals surface area contributed by atoms with Crippen LogP contribution in [0.2, 0.25) is 0 Å². The SMILES string of the molecule is CCC(CC)(CCO)CNC(=O)C(C)C(C)N. The van der Waals surface area contributed by atoms with Gasteiger partial charge in [-0.1, -0.05) is 20.8 Å². The number of hydrogen-bond acceptors (Lipinski definition) is 3. The van der Waals surface area contributed by atoms with E-state index in [9.17, 15) is 4.79 Å². The first-order valence-electron chi connectivity index (χ1n) is 6.56. The van der Waals surface area contributed by atoms with Gasteiger partial charge in [-0.25, -0.2) is 0 Å². The second kappa shape index (κ2) is 7.67. The zero-order valence-electron chi connectivity index (χ0n) is 11.6. The van der Waals surface area contributed by atoms with E-state index < -0.39 is 0 Å². The van der Waals surface area contributed by atoms with E-state index in [2.05, 4.69) is 19.2 Å². The molecule has 0 aliphatic heterocycles. The number of nitrogens with two attached hydrogens (primary N) is 1. The van der Waals surface area contributed by atoms with E-state index in [1.54, 1.807) is 0 Å². The molecule has 2 unspecified atom stereocenters. The highest BCUT2D eigenvalue weighted by atomic mass is 16.3. The second-order valence-electron chi connectivity index (χ2n) is 5.05.